The predicted octanol–water partition coefficient (Wildman–Crippen LogP) is 3.32. The Hall–Kier alpha value is -2.94. The van der Waals surface area contributed by atoms with Gasteiger partial charge in [0.15, 0.2) is 5.82 Å². The number of para-hydroxylation sites is 1. The van der Waals surface area contributed by atoms with Crippen molar-refractivity contribution in [3.8, 4) is 17.1 Å². The molecule has 24 heavy (non-hydrogen) atoms. The normalized spacial score (nSPS) is 10.5. The second kappa shape index (κ2) is 7.09. The molecule has 0 saturated carbocycles. The number of ether oxygens (including phenoxy) is 1. The molecule has 2 aromatic heterocycles. The van der Waals surface area contributed by atoms with Crippen LogP contribution in [0.3, 0.4) is 0 Å². The molecule has 3 aromatic rings. The van der Waals surface area contributed by atoms with Crippen molar-refractivity contribution in [3.63, 3.8) is 0 Å². The number of aromatic nitrogens is 4. The molecule has 0 unspecified atom stereocenters. The lowest BCUT2D eigenvalue weighted by Gasteiger charge is -2.06. The van der Waals surface area contributed by atoms with Crippen LogP contribution >= 0.6 is 11.8 Å². The number of hydrogen-bond acceptors (Lipinski definition) is 7. The number of rotatable bonds is 6. The van der Waals surface area contributed by atoms with Gasteiger partial charge in [-0.25, -0.2) is 9.97 Å². The Labute approximate surface area is 141 Å². The van der Waals surface area contributed by atoms with Crippen LogP contribution in [0.2, 0.25) is 0 Å². The zero-order valence-corrected chi connectivity index (χ0v) is 13.5. The molecule has 9 heteroatoms. The van der Waals surface area contributed by atoms with Crippen LogP contribution in [-0.2, 0) is 0 Å². The largest absolute Gasteiger partial charge is 0.493 e. The summed E-state index contributed by atoms with van der Waals surface area (Å²) in [5, 5.41) is 18.7. The summed E-state index contributed by atoms with van der Waals surface area (Å²) < 4.78 is 5.58. The molecular weight excluding hydrogens is 330 g/mol. The molecule has 0 aliphatic carbocycles. The first-order valence-corrected chi connectivity index (χ1v) is 7.92. The fourth-order valence-electron chi connectivity index (χ4n) is 1.99. The number of nitro groups is 1. The molecule has 0 amide bonds. The quantitative estimate of drug-likeness (QED) is 0.540. The summed E-state index contributed by atoms with van der Waals surface area (Å²) in [6, 6.07) is 10.5. The lowest BCUT2D eigenvalue weighted by molar-refractivity contribution is -0.385. The minimum Gasteiger partial charge on any atom is -0.493 e. The Bertz CT molecular complexity index is 850. The van der Waals surface area contributed by atoms with Crippen LogP contribution < -0.4 is 4.74 Å². The van der Waals surface area contributed by atoms with Crippen LogP contribution in [0.15, 0.2) is 52.8 Å². The minimum absolute atomic E-state index is 0.0549. The van der Waals surface area contributed by atoms with E-state index in [0.717, 1.165) is 11.3 Å². The molecule has 1 N–H and O–H groups in total. The first-order valence-electron chi connectivity index (χ1n) is 7.10. The molecule has 0 fully saturated rings. The Kier molecular flexibility index (Phi) is 4.71. The van der Waals surface area contributed by atoms with Gasteiger partial charge < -0.3 is 4.74 Å². The molecule has 3 rings (SSSR count). The van der Waals surface area contributed by atoms with E-state index in [2.05, 4.69) is 20.2 Å². The van der Waals surface area contributed by atoms with Gasteiger partial charge in [-0.15, -0.1) is 5.10 Å². The Morgan fingerprint density at radius 2 is 2.12 bits per heavy atom. The van der Waals surface area contributed by atoms with Crippen LogP contribution in [0.1, 0.15) is 6.92 Å². The van der Waals surface area contributed by atoms with Crippen molar-refractivity contribution in [1.82, 2.24) is 20.2 Å². The monoisotopic (exact) mass is 343 g/mol. The van der Waals surface area contributed by atoms with Crippen molar-refractivity contribution in [3.05, 3.63) is 52.7 Å². The third-order valence-electron chi connectivity index (χ3n) is 3.03. The Morgan fingerprint density at radius 1 is 1.29 bits per heavy atom. The zero-order valence-electron chi connectivity index (χ0n) is 12.7. The van der Waals surface area contributed by atoms with Gasteiger partial charge in [0.1, 0.15) is 17.0 Å². The second-order valence-corrected chi connectivity index (χ2v) is 5.60. The van der Waals surface area contributed by atoms with Gasteiger partial charge in [0.25, 0.3) is 5.69 Å². The number of benzene rings is 1. The highest BCUT2D eigenvalue weighted by Gasteiger charge is 2.13. The fourth-order valence-corrected chi connectivity index (χ4v) is 2.65. The van der Waals surface area contributed by atoms with E-state index in [-0.39, 0.29) is 5.69 Å². The first kappa shape index (κ1) is 15.9. The molecular formula is C15H13N5O3S. The van der Waals surface area contributed by atoms with Gasteiger partial charge in [-0.3, -0.25) is 15.2 Å². The number of nitrogens with one attached hydrogen (secondary N) is 1. The molecule has 0 saturated heterocycles. The van der Waals surface area contributed by atoms with E-state index >= 15 is 0 Å². The molecule has 0 radical (unpaired) electrons. The van der Waals surface area contributed by atoms with Gasteiger partial charge in [-0.2, -0.15) is 0 Å². The van der Waals surface area contributed by atoms with E-state index in [1.165, 1.54) is 24.0 Å². The van der Waals surface area contributed by atoms with E-state index in [9.17, 15) is 10.1 Å². The second-order valence-electron chi connectivity index (χ2n) is 4.61. The highest BCUT2D eigenvalue weighted by atomic mass is 32.2. The number of pyridine rings is 1. The molecule has 0 spiro atoms. The van der Waals surface area contributed by atoms with E-state index in [1.807, 2.05) is 31.2 Å². The zero-order chi connectivity index (χ0) is 16.9. The molecule has 0 atom stereocenters. The number of aromatic amines is 1. The maximum absolute atomic E-state index is 10.6. The summed E-state index contributed by atoms with van der Waals surface area (Å²) in [6.07, 6.45) is 1.21. The number of hydrogen-bond donors (Lipinski definition) is 1. The van der Waals surface area contributed by atoms with Crippen LogP contribution in [0.5, 0.6) is 5.75 Å². The van der Waals surface area contributed by atoms with Crippen LogP contribution in [-0.4, -0.2) is 31.7 Å². The molecule has 0 aliphatic heterocycles. The van der Waals surface area contributed by atoms with E-state index in [0.29, 0.717) is 22.6 Å². The van der Waals surface area contributed by atoms with Gasteiger partial charge in [-0.05, 0) is 36.9 Å². The van der Waals surface area contributed by atoms with E-state index < -0.39 is 4.92 Å². The molecule has 2 heterocycles. The minimum atomic E-state index is -0.489. The SMILES string of the molecule is CCOc1ccccc1-c1nc(Sc2ccc([N+](=O)[O-])cn2)n[nH]1. The smallest absolute Gasteiger partial charge is 0.287 e. The molecule has 122 valence electrons. The third-order valence-corrected chi connectivity index (χ3v) is 3.85. The summed E-state index contributed by atoms with van der Waals surface area (Å²) >= 11 is 1.21. The van der Waals surface area contributed by atoms with Gasteiger partial charge in [-0.1, -0.05) is 12.1 Å². The predicted molar refractivity (Wildman–Crippen MR) is 88.0 cm³/mol. The van der Waals surface area contributed by atoms with Crippen molar-refractivity contribution >= 4 is 17.4 Å². The summed E-state index contributed by atoms with van der Waals surface area (Å²) in [7, 11) is 0. The lowest BCUT2D eigenvalue weighted by Crippen LogP contribution is -1.94. The molecule has 0 bridgehead atoms. The highest BCUT2D eigenvalue weighted by Crippen LogP contribution is 2.30. The van der Waals surface area contributed by atoms with Gasteiger partial charge in [0.05, 0.1) is 17.1 Å². The summed E-state index contributed by atoms with van der Waals surface area (Å²) in [5.74, 6) is 1.31. The average molecular weight is 343 g/mol. The van der Waals surface area contributed by atoms with Crippen molar-refractivity contribution in [2.24, 2.45) is 0 Å². The summed E-state index contributed by atoms with van der Waals surface area (Å²) in [5.41, 5.74) is 0.760. The average Bonchev–Trinajstić information content (AvgIpc) is 3.04. The van der Waals surface area contributed by atoms with Crippen molar-refractivity contribution < 1.29 is 9.66 Å². The molecule has 1 aromatic carbocycles. The topological polar surface area (TPSA) is 107 Å². The molecule has 8 nitrogen and oxygen atoms in total. The maximum Gasteiger partial charge on any atom is 0.287 e. The highest BCUT2D eigenvalue weighted by molar-refractivity contribution is 7.99. The lowest BCUT2D eigenvalue weighted by atomic mass is 10.2. The molecule has 0 aliphatic rings. The number of H-pyrrole nitrogens is 1. The first-order chi connectivity index (χ1) is 11.7. The van der Waals surface area contributed by atoms with Crippen molar-refractivity contribution in [1.29, 1.82) is 0 Å². The Balaban J connectivity index is 1.80. The van der Waals surface area contributed by atoms with Gasteiger partial charge in [0.2, 0.25) is 5.16 Å². The van der Waals surface area contributed by atoms with E-state index in [4.69, 9.17) is 4.74 Å². The van der Waals surface area contributed by atoms with Gasteiger partial charge in [0, 0.05) is 6.07 Å². The van der Waals surface area contributed by atoms with Crippen LogP contribution in [0.25, 0.3) is 11.4 Å². The van der Waals surface area contributed by atoms with Gasteiger partial charge >= 0.3 is 0 Å². The van der Waals surface area contributed by atoms with Crippen LogP contribution in [0, 0.1) is 10.1 Å². The summed E-state index contributed by atoms with van der Waals surface area (Å²) in [6.45, 7) is 2.47. The van der Waals surface area contributed by atoms with E-state index in [1.54, 1.807) is 6.07 Å². The van der Waals surface area contributed by atoms with Crippen molar-refractivity contribution in [2.45, 2.75) is 17.1 Å². The number of nitrogens with zero attached hydrogens (tertiary/aromatic N) is 4. The summed E-state index contributed by atoms with van der Waals surface area (Å²) in [4.78, 5) is 18.6. The van der Waals surface area contributed by atoms with Crippen molar-refractivity contribution in [2.75, 3.05) is 6.61 Å². The Morgan fingerprint density at radius 3 is 2.83 bits per heavy atom. The van der Waals surface area contributed by atoms with Crippen LogP contribution in [0.4, 0.5) is 5.69 Å². The third kappa shape index (κ3) is 3.51. The maximum atomic E-state index is 10.6. The fraction of sp³-hybridized carbons (Fsp3) is 0.133. The standard InChI is InChI=1S/C15H13N5O3S/c1-2-23-12-6-4-3-5-11(12)14-17-15(19-18-14)24-13-8-7-10(9-16-13)20(21)22/h3-9H,2H2,1H3,(H,17,18,19).